The lowest BCUT2D eigenvalue weighted by molar-refractivity contribution is 0.0526. The van der Waals surface area contributed by atoms with E-state index in [1.807, 2.05) is 56.3 Å². The highest BCUT2D eigenvalue weighted by Gasteiger charge is 2.15. The fraction of sp³-hybridized carbons (Fsp3) is 0.167. The van der Waals surface area contributed by atoms with Crippen LogP contribution in [0, 0.1) is 13.8 Å². The van der Waals surface area contributed by atoms with Crippen molar-refractivity contribution in [2.75, 3.05) is 6.61 Å². The Morgan fingerprint density at radius 1 is 0.895 bits per heavy atom. The Hall–Kier alpha value is -4.85. The highest BCUT2D eigenvalue weighted by atomic mass is 16.5. The summed E-state index contributed by atoms with van der Waals surface area (Å²) in [7, 11) is 0. The average molecular weight is 506 g/mol. The van der Waals surface area contributed by atoms with Gasteiger partial charge in [0.1, 0.15) is 12.4 Å². The maximum atomic E-state index is 12.1. The third-order valence-corrected chi connectivity index (χ3v) is 6.15. The van der Waals surface area contributed by atoms with Crippen LogP contribution < -0.4 is 4.74 Å². The molecule has 0 aliphatic rings. The fourth-order valence-electron chi connectivity index (χ4n) is 4.39. The van der Waals surface area contributed by atoms with E-state index in [0.717, 1.165) is 50.5 Å². The van der Waals surface area contributed by atoms with Gasteiger partial charge in [-0.2, -0.15) is 5.21 Å². The first-order chi connectivity index (χ1) is 18.5. The maximum absolute atomic E-state index is 12.1. The number of carbonyl (C=O) groups is 1. The van der Waals surface area contributed by atoms with Crippen molar-refractivity contribution in [1.82, 2.24) is 25.6 Å². The molecule has 5 aromatic rings. The minimum absolute atomic E-state index is 0.336. The van der Waals surface area contributed by atoms with Gasteiger partial charge in [0.05, 0.1) is 12.2 Å². The SMILES string of the molecule is CCOC(=O)c1ccc(-c2c(OCc3ccc(-c4ccccc4-c4nn[nH]n4)cc3)cc(C)nc2C)cc1. The minimum atomic E-state index is -0.336. The first kappa shape index (κ1) is 24.8. The zero-order chi connectivity index (χ0) is 26.5. The average Bonchev–Trinajstić information content (AvgIpc) is 3.47. The zero-order valence-corrected chi connectivity index (χ0v) is 21.4. The van der Waals surface area contributed by atoms with E-state index >= 15 is 0 Å². The second-order valence-electron chi connectivity index (χ2n) is 8.79. The number of pyridine rings is 1. The smallest absolute Gasteiger partial charge is 0.338 e. The Bertz CT molecular complexity index is 1550. The molecule has 5 rings (SSSR count). The number of tetrazole rings is 1. The molecular weight excluding hydrogens is 478 g/mol. The normalized spacial score (nSPS) is 10.8. The molecule has 0 aliphatic heterocycles. The van der Waals surface area contributed by atoms with Crippen molar-refractivity contribution in [2.45, 2.75) is 27.4 Å². The van der Waals surface area contributed by atoms with Crippen LogP contribution in [0.5, 0.6) is 5.75 Å². The topological polar surface area (TPSA) is 103 Å². The van der Waals surface area contributed by atoms with Gasteiger partial charge in [-0.15, -0.1) is 10.2 Å². The number of ether oxygens (including phenoxy) is 2. The summed E-state index contributed by atoms with van der Waals surface area (Å²) >= 11 is 0. The second kappa shape index (κ2) is 11.0. The summed E-state index contributed by atoms with van der Waals surface area (Å²) in [5, 5.41) is 14.5. The van der Waals surface area contributed by atoms with Gasteiger partial charge in [-0.05, 0) is 60.4 Å². The molecule has 8 nitrogen and oxygen atoms in total. The van der Waals surface area contributed by atoms with E-state index in [0.29, 0.717) is 24.6 Å². The van der Waals surface area contributed by atoms with Gasteiger partial charge in [0.2, 0.25) is 5.82 Å². The number of esters is 1. The molecule has 38 heavy (non-hydrogen) atoms. The van der Waals surface area contributed by atoms with E-state index in [1.54, 1.807) is 19.1 Å². The van der Waals surface area contributed by atoms with E-state index in [4.69, 9.17) is 9.47 Å². The summed E-state index contributed by atoms with van der Waals surface area (Å²) in [6.45, 7) is 6.43. The van der Waals surface area contributed by atoms with Crippen molar-refractivity contribution in [3.05, 3.63) is 101 Å². The van der Waals surface area contributed by atoms with E-state index in [1.165, 1.54) is 0 Å². The van der Waals surface area contributed by atoms with E-state index in [-0.39, 0.29) is 5.97 Å². The van der Waals surface area contributed by atoms with Crippen LogP contribution in [0.1, 0.15) is 34.2 Å². The molecule has 190 valence electrons. The Morgan fingerprint density at radius 2 is 1.61 bits per heavy atom. The van der Waals surface area contributed by atoms with Gasteiger partial charge in [0.15, 0.2) is 0 Å². The molecule has 0 amide bonds. The van der Waals surface area contributed by atoms with Crippen LogP contribution in [-0.4, -0.2) is 38.2 Å². The van der Waals surface area contributed by atoms with Crippen LogP contribution >= 0.6 is 0 Å². The number of aromatic amines is 1. The van der Waals surface area contributed by atoms with Gasteiger partial charge in [-0.1, -0.05) is 60.7 Å². The van der Waals surface area contributed by atoms with Crippen LogP contribution in [-0.2, 0) is 11.3 Å². The Labute approximate surface area is 220 Å². The van der Waals surface area contributed by atoms with Gasteiger partial charge in [-0.25, -0.2) is 4.79 Å². The molecular formula is C30H27N5O3. The maximum Gasteiger partial charge on any atom is 0.338 e. The molecule has 0 unspecified atom stereocenters. The minimum Gasteiger partial charge on any atom is -0.488 e. The lowest BCUT2D eigenvalue weighted by Gasteiger charge is -2.16. The van der Waals surface area contributed by atoms with Crippen molar-refractivity contribution in [2.24, 2.45) is 0 Å². The lowest BCUT2D eigenvalue weighted by atomic mass is 9.98. The molecule has 2 aromatic heterocycles. The Morgan fingerprint density at radius 3 is 2.29 bits per heavy atom. The van der Waals surface area contributed by atoms with Crippen LogP contribution in [0.3, 0.4) is 0 Å². The summed E-state index contributed by atoms with van der Waals surface area (Å²) in [6, 6.07) is 25.5. The van der Waals surface area contributed by atoms with Crippen molar-refractivity contribution < 1.29 is 14.3 Å². The number of hydrogen-bond acceptors (Lipinski definition) is 7. The molecule has 3 aromatic carbocycles. The number of rotatable bonds is 8. The zero-order valence-electron chi connectivity index (χ0n) is 21.4. The van der Waals surface area contributed by atoms with Crippen LogP contribution in [0.4, 0.5) is 0 Å². The van der Waals surface area contributed by atoms with Crippen LogP contribution in [0.25, 0.3) is 33.6 Å². The van der Waals surface area contributed by atoms with E-state index in [2.05, 4.69) is 49.9 Å². The summed E-state index contributed by atoms with van der Waals surface area (Å²) in [5.41, 5.74) is 8.07. The summed E-state index contributed by atoms with van der Waals surface area (Å²) < 4.78 is 11.4. The van der Waals surface area contributed by atoms with Crippen molar-refractivity contribution >= 4 is 5.97 Å². The van der Waals surface area contributed by atoms with Crippen LogP contribution in [0.15, 0.2) is 78.9 Å². The molecule has 8 heteroatoms. The molecule has 1 N–H and O–H groups in total. The quantitative estimate of drug-likeness (QED) is 0.259. The lowest BCUT2D eigenvalue weighted by Crippen LogP contribution is -2.04. The number of nitrogens with zero attached hydrogens (tertiary/aromatic N) is 4. The van der Waals surface area contributed by atoms with Gasteiger partial charge in [-0.3, -0.25) is 4.98 Å². The number of nitrogens with one attached hydrogen (secondary N) is 1. The number of carbonyl (C=O) groups excluding carboxylic acids is 1. The number of H-pyrrole nitrogens is 1. The number of aryl methyl sites for hydroxylation is 2. The Balaban J connectivity index is 1.37. The second-order valence-corrected chi connectivity index (χ2v) is 8.79. The first-order valence-electron chi connectivity index (χ1n) is 12.3. The van der Waals surface area contributed by atoms with Crippen molar-refractivity contribution in [1.29, 1.82) is 0 Å². The number of aromatic nitrogens is 5. The largest absolute Gasteiger partial charge is 0.488 e. The standard InChI is InChI=1S/C30H27N5O3/c1-4-37-30(36)24-15-13-23(14-16-24)28-20(3)31-19(2)17-27(28)38-18-21-9-11-22(12-10-21)25-7-5-6-8-26(25)29-32-34-35-33-29/h5-17H,4,18H2,1-3H3,(H,32,33,34,35). The third-order valence-electron chi connectivity index (χ3n) is 6.15. The predicted octanol–water partition coefficient (Wildman–Crippen LogP) is 5.97. The van der Waals surface area contributed by atoms with Crippen molar-refractivity contribution in [3.63, 3.8) is 0 Å². The third kappa shape index (κ3) is 5.29. The summed E-state index contributed by atoms with van der Waals surface area (Å²) in [6.07, 6.45) is 0. The number of benzene rings is 3. The number of hydrogen-bond donors (Lipinski definition) is 1. The van der Waals surface area contributed by atoms with Crippen molar-refractivity contribution in [3.8, 4) is 39.4 Å². The Kier molecular flexibility index (Phi) is 7.21. The molecule has 0 spiro atoms. The highest BCUT2D eigenvalue weighted by molar-refractivity contribution is 5.90. The van der Waals surface area contributed by atoms with Gasteiger partial charge in [0, 0.05) is 28.6 Å². The van der Waals surface area contributed by atoms with Gasteiger partial charge in [0.25, 0.3) is 0 Å². The molecule has 0 radical (unpaired) electrons. The molecule has 0 bridgehead atoms. The van der Waals surface area contributed by atoms with E-state index < -0.39 is 0 Å². The monoisotopic (exact) mass is 505 g/mol. The molecule has 0 aliphatic carbocycles. The molecule has 2 heterocycles. The highest BCUT2D eigenvalue weighted by Crippen LogP contribution is 2.34. The summed E-state index contributed by atoms with van der Waals surface area (Å²) in [4.78, 5) is 16.7. The molecule has 0 saturated heterocycles. The fourth-order valence-corrected chi connectivity index (χ4v) is 4.39. The molecule has 0 fully saturated rings. The van der Waals surface area contributed by atoms with E-state index in [9.17, 15) is 4.79 Å². The molecule has 0 saturated carbocycles. The van der Waals surface area contributed by atoms with Gasteiger partial charge >= 0.3 is 5.97 Å². The first-order valence-corrected chi connectivity index (χ1v) is 12.3. The van der Waals surface area contributed by atoms with Gasteiger partial charge < -0.3 is 9.47 Å². The van der Waals surface area contributed by atoms with Crippen LogP contribution in [0.2, 0.25) is 0 Å². The summed E-state index contributed by atoms with van der Waals surface area (Å²) in [5.74, 6) is 0.960. The predicted molar refractivity (Wildman–Crippen MR) is 144 cm³/mol. The molecule has 0 atom stereocenters.